The zero-order valence-electron chi connectivity index (χ0n) is 9.97. The normalized spacial score (nSPS) is 14.5. The van der Waals surface area contributed by atoms with Crippen LogP contribution in [0.5, 0.6) is 0 Å². The zero-order chi connectivity index (χ0) is 12.8. The second-order valence-corrected chi connectivity index (χ2v) is 4.28. The van der Waals surface area contributed by atoms with Crippen LogP contribution in [0.2, 0.25) is 0 Å². The number of carbonyl (C=O) groups is 3. The van der Waals surface area contributed by atoms with Crippen molar-refractivity contribution in [1.29, 1.82) is 0 Å². The lowest BCUT2D eigenvalue weighted by Gasteiger charge is -2.28. The molecular weight excluding hydrogens is 212 g/mol. The Bertz CT molecular complexity index is 278. The Kier molecular flexibility index (Phi) is 5.84. The summed E-state index contributed by atoms with van der Waals surface area (Å²) in [6.07, 6.45) is 0.856. The van der Waals surface area contributed by atoms with E-state index in [1.165, 1.54) is 7.05 Å². The lowest BCUT2D eigenvalue weighted by atomic mass is 10.3. The van der Waals surface area contributed by atoms with Gasteiger partial charge in [-0.1, -0.05) is 0 Å². The van der Waals surface area contributed by atoms with Crippen molar-refractivity contribution in [3.05, 3.63) is 0 Å². The van der Waals surface area contributed by atoms with Crippen molar-refractivity contribution in [3.8, 4) is 0 Å². The van der Waals surface area contributed by atoms with E-state index in [4.69, 9.17) is 5.11 Å². The number of amides is 1. The van der Waals surface area contributed by atoms with E-state index in [1.807, 2.05) is 19.0 Å². The summed E-state index contributed by atoms with van der Waals surface area (Å²) in [7, 11) is 5.26. The van der Waals surface area contributed by atoms with Crippen LogP contribution in [0.15, 0.2) is 0 Å². The molecule has 1 unspecified atom stereocenters. The smallest absolute Gasteiger partial charge is 0.378 e. The van der Waals surface area contributed by atoms with Gasteiger partial charge in [0.05, 0.1) is 13.6 Å². The van der Waals surface area contributed by atoms with Gasteiger partial charge >= 0.3 is 11.9 Å². The minimum absolute atomic E-state index is 0.193. The molecule has 6 nitrogen and oxygen atoms in total. The molecule has 0 heterocycles. The molecule has 0 saturated heterocycles. The van der Waals surface area contributed by atoms with E-state index in [0.29, 0.717) is 13.0 Å². The molecule has 92 valence electrons. The summed E-state index contributed by atoms with van der Waals surface area (Å²) in [6, 6.07) is 0. The largest absolute Gasteiger partial charge is 0.477 e. The third-order valence-electron chi connectivity index (χ3n) is 2.37. The van der Waals surface area contributed by atoms with E-state index in [9.17, 15) is 14.4 Å². The van der Waals surface area contributed by atoms with Gasteiger partial charge in [-0.3, -0.25) is 4.79 Å². The van der Waals surface area contributed by atoms with E-state index in [1.54, 1.807) is 0 Å². The minimum Gasteiger partial charge on any atom is -0.477 e. The molecule has 0 fully saturated rings. The Hall–Kier alpha value is -1.27. The second-order valence-electron chi connectivity index (χ2n) is 4.28. The molecule has 0 rings (SSSR count). The number of carboxylic acid groups (broad SMARTS) is 1. The van der Waals surface area contributed by atoms with Crippen molar-refractivity contribution in [2.45, 2.75) is 6.42 Å². The number of nitrogens with zero attached hydrogens (tertiary/aromatic N) is 2. The van der Waals surface area contributed by atoms with Gasteiger partial charge < -0.3 is 10.0 Å². The molecule has 0 aromatic rings. The third-order valence-corrected chi connectivity index (χ3v) is 2.37. The molecule has 1 N–H and O–H groups in total. The number of carbonyl (C=O) groups excluding carboxylic acids is 2. The number of hydrogen-bond acceptors (Lipinski definition) is 4. The Labute approximate surface area is 95.0 Å². The van der Waals surface area contributed by atoms with Gasteiger partial charge in [-0.25, -0.2) is 14.1 Å². The lowest BCUT2D eigenvalue weighted by molar-refractivity contribution is -0.823. The standard InChI is InChI=1S/C10H18N2O4/c1-11(2)5-4-6-12(3,7-10(15)16)9(14)8-13/h8H,4-7H2,1-3H3/p+1. The van der Waals surface area contributed by atoms with E-state index in [0.717, 1.165) is 6.54 Å². The van der Waals surface area contributed by atoms with Crippen molar-refractivity contribution in [2.75, 3.05) is 40.8 Å². The van der Waals surface area contributed by atoms with Gasteiger partial charge in [-0.15, -0.1) is 0 Å². The maximum atomic E-state index is 11.4. The van der Waals surface area contributed by atoms with E-state index >= 15 is 0 Å². The molecule has 0 aromatic heterocycles. The van der Waals surface area contributed by atoms with Crippen LogP contribution in [0, 0.1) is 0 Å². The van der Waals surface area contributed by atoms with Gasteiger partial charge in [-0.2, -0.15) is 0 Å². The molecule has 0 spiro atoms. The average molecular weight is 231 g/mol. The van der Waals surface area contributed by atoms with Crippen LogP contribution in [0.4, 0.5) is 0 Å². The first-order valence-corrected chi connectivity index (χ1v) is 5.02. The Morgan fingerprint density at radius 3 is 2.31 bits per heavy atom. The van der Waals surface area contributed by atoms with Crippen LogP contribution in [0.3, 0.4) is 0 Å². The topological polar surface area (TPSA) is 74.7 Å². The Balaban J connectivity index is 4.47. The van der Waals surface area contributed by atoms with Gasteiger partial charge in [0.2, 0.25) is 6.29 Å². The number of quaternary nitrogens is 1. The fourth-order valence-electron chi connectivity index (χ4n) is 1.43. The number of hydrogen-bond donors (Lipinski definition) is 1. The number of aliphatic carboxylic acids is 1. The molecule has 0 radical (unpaired) electrons. The van der Waals surface area contributed by atoms with E-state index < -0.39 is 11.9 Å². The third kappa shape index (κ3) is 4.99. The molecule has 1 atom stereocenters. The van der Waals surface area contributed by atoms with Crippen LogP contribution in [-0.4, -0.2) is 73.4 Å². The summed E-state index contributed by atoms with van der Waals surface area (Å²) in [6.45, 7) is 0.743. The first kappa shape index (κ1) is 14.7. The monoisotopic (exact) mass is 231 g/mol. The highest BCUT2D eigenvalue weighted by Crippen LogP contribution is 2.04. The molecule has 0 aliphatic heterocycles. The maximum absolute atomic E-state index is 11.4. The Morgan fingerprint density at radius 1 is 1.38 bits per heavy atom. The van der Waals surface area contributed by atoms with Crippen molar-refractivity contribution in [3.63, 3.8) is 0 Å². The molecule has 16 heavy (non-hydrogen) atoms. The van der Waals surface area contributed by atoms with Crippen LogP contribution in [0.1, 0.15) is 6.42 Å². The van der Waals surface area contributed by atoms with Gasteiger partial charge in [-0.05, 0) is 14.1 Å². The zero-order valence-corrected chi connectivity index (χ0v) is 9.97. The number of carboxylic acids is 1. The average Bonchev–Trinajstić information content (AvgIpc) is 2.14. The molecule has 0 bridgehead atoms. The molecule has 1 amide bonds. The predicted octanol–water partition coefficient (Wildman–Crippen LogP) is -0.805. The van der Waals surface area contributed by atoms with Crippen LogP contribution in [-0.2, 0) is 14.4 Å². The summed E-state index contributed by atoms with van der Waals surface area (Å²) < 4.78 is -0.368. The van der Waals surface area contributed by atoms with Gasteiger partial charge in [0.1, 0.15) is 0 Å². The predicted molar refractivity (Wildman–Crippen MR) is 57.8 cm³/mol. The van der Waals surface area contributed by atoms with E-state index in [-0.39, 0.29) is 17.3 Å². The van der Waals surface area contributed by atoms with Crippen molar-refractivity contribution >= 4 is 18.2 Å². The number of likely N-dealkylation sites (N-methyl/N-ethyl adjacent to an activating group) is 1. The molecule has 0 aliphatic carbocycles. The maximum Gasteiger partial charge on any atom is 0.378 e. The summed E-state index contributed by atoms with van der Waals surface area (Å²) >= 11 is 0. The highest BCUT2D eigenvalue weighted by Gasteiger charge is 2.33. The van der Waals surface area contributed by atoms with Crippen LogP contribution >= 0.6 is 0 Å². The van der Waals surface area contributed by atoms with Crippen molar-refractivity contribution in [1.82, 2.24) is 4.90 Å². The van der Waals surface area contributed by atoms with Gasteiger partial charge in [0.25, 0.3) is 0 Å². The molecule has 0 aliphatic rings. The summed E-state index contributed by atoms with van der Waals surface area (Å²) in [5.41, 5.74) is 0. The Morgan fingerprint density at radius 2 is 1.94 bits per heavy atom. The van der Waals surface area contributed by atoms with Crippen LogP contribution < -0.4 is 0 Å². The molecule has 0 saturated carbocycles. The van der Waals surface area contributed by atoms with Gasteiger partial charge in [0, 0.05) is 13.0 Å². The SMILES string of the molecule is CN(C)CCC[N+](C)(CC(=O)O)C(=O)C=O. The number of rotatable bonds is 7. The minimum atomic E-state index is -1.08. The lowest BCUT2D eigenvalue weighted by Crippen LogP contribution is -2.53. The van der Waals surface area contributed by atoms with Crippen LogP contribution in [0.25, 0.3) is 0 Å². The highest BCUT2D eigenvalue weighted by molar-refractivity contribution is 6.20. The first-order chi connectivity index (χ1) is 7.31. The quantitative estimate of drug-likeness (QED) is 0.352. The van der Waals surface area contributed by atoms with Gasteiger partial charge in [0.15, 0.2) is 6.54 Å². The summed E-state index contributed by atoms with van der Waals surface area (Å²) in [4.78, 5) is 34.4. The highest BCUT2D eigenvalue weighted by atomic mass is 16.4. The summed E-state index contributed by atoms with van der Waals surface area (Å²) in [5.74, 6) is -1.77. The molecule has 0 aromatic carbocycles. The van der Waals surface area contributed by atoms with Crippen molar-refractivity contribution in [2.24, 2.45) is 0 Å². The van der Waals surface area contributed by atoms with Crippen molar-refractivity contribution < 1.29 is 24.0 Å². The van der Waals surface area contributed by atoms with E-state index in [2.05, 4.69) is 0 Å². The molecular formula is C10H19N2O4+. The fraction of sp³-hybridized carbons (Fsp3) is 0.700. The number of aldehydes is 1. The summed E-state index contributed by atoms with van der Waals surface area (Å²) in [5, 5.41) is 8.71. The molecule has 6 heteroatoms. The second kappa shape index (κ2) is 6.34. The fourth-order valence-corrected chi connectivity index (χ4v) is 1.43. The first-order valence-electron chi connectivity index (χ1n) is 5.02.